The van der Waals surface area contributed by atoms with Gasteiger partial charge in [-0.1, -0.05) is 25.5 Å². The van der Waals surface area contributed by atoms with E-state index >= 15 is 0 Å². The first-order chi connectivity index (χ1) is 14.9. The molecule has 2 aliphatic rings. The third kappa shape index (κ3) is 4.85. The largest absolute Gasteiger partial charge is 0.494 e. The lowest BCUT2D eigenvalue weighted by molar-refractivity contribution is -0.113. The molecule has 7 nitrogen and oxygen atoms in total. The van der Waals surface area contributed by atoms with E-state index in [4.69, 9.17) is 9.47 Å². The summed E-state index contributed by atoms with van der Waals surface area (Å²) in [4.78, 5) is 25.6. The van der Waals surface area contributed by atoms with E-state index in [-0.39, 0.29) is 28.4 Å². The maximum absolute atomic E-state index is 13.1. The van der Waals surface area contributed by atoms with Crippen LogP contribution < -0.4 is 15.6 Å². The van der Waals surface area contributed by atoms with E-state index in [1.165, 1.54) is 11.8 Å². The predicted molar refractivity (Wildman–Crippen MR) is 123 cm³/mol. The molecule has 1 fully saturated rings. The van der Waals surface area contributed by atoms with Gasteiger partial charge in [0, 0.05) is 6.61 Å². The number of nitrogens with one attached hydrogen (secondary N) is 2. The average molecular weight is 446 g/mol. The van der Waals surface area contributed by atoms with Crippen LogP contribution in [0.1, 0.15) is 68.9 Å². The van der Waals surface area contributed by atoms with Crippen molar-refractivity contribution in [3.05, 3.63) is 45.7 Å². The number of fused-ring (bicyclic) bond motifs is 1. The smallest absolute Gasteiger partial charge is 0.270 e. The molecule has 1 amide bonds. The Balaban J connectivity index is 1.66. The maximum atomic E-state index is 13.1. The molecule has 0 aliphatic carbocycles. The third-order valence-electron chi connectivity index (χ3n) is 5.85. The van der Waals surface area contributed by atoms with E-state index in [0.29, 0.717) is 30.3 Å². The minimum Gasteiger partial charge on any atom is -0.494 e. The van der Waals surface area contributed by atoms with Gasteiger partial charge < -0.3 is 14.8 Å². The number of amides is 1. The van der Waals surface area contributed by atoms with Crippen molar-refractivity contribution in [3.8, 4) is 5.75 Å². The van der Waals surface area contributed by atoms with Crippen LogP contribution in [0.25, 0.3) is 0 Å². The maximum Gasteiger partial charge on any atom is 0.270 e. The SMILES string of the molecule is CCCCOc1ccc([C@@H]2SCC(=O)Nc3c2c(=O)[nH]n3[C@@H]2CCOC(C)(C)C2)cc1. The normalized spacial score (nSPS) is 23.0. The van der Waals surface area contributed by atoms with Crippen molar-refractivity contribution >= 4 is 23.5 Å². The molecule has 0 spiro atoms. The molecular weight excluding hydrogens is 414 g/mol. The molecule has 168 valence electrons. The van der Waals surface area contributed by atoms with Crippen LogP contribution in [0.4, 0.5) is 5.82 Å². The van der Waals surface area contributed by atoms with Gasteiger partial charge in [0.05, 0.1) is 34.8 Å². The van der Waals surface area contributed by atoms with E-state index in [1.807, 2.05) is 28.9 Å². The number of ether oxygens (including phenoxy) is 2. The molecule has 0 unspecified atom stereocenters. The fourth-order valence-electron chi connectivity index (χ4n) is 4.27. The highest BCUT2D eigenvalue weighted by Crippen LogP contribution is 2.42. The molecule has 0 bridgehead atoms. The highest BCUT2D eigenvalue weighted by molar-refractivity contribution is 8.00. The number of unbranched alkanes of at least 4 members (excludes halogenated alkanes) is 1. The minimum absolute atomic E-state index is 0.0681. The molecule has 4 rings (SSSR count). The Labute approximate surface area is 186 Å². The average Bonchev–Trinajstić information content (AvgIpc) is 2.94. The van der Waals surface area contributed by atoms with Gasteiger partial charge in [0.25, 0.3) is 5.56 Å². The number of aromatic amines is 1. The van der Waals surface area contributed by atoms with E-state index in [0.717, 1.165) is 37.0 Å². The van der Waals surface area contributed by atoms with E-state index in [9.17, 15) is 9.59 Å². The molecule has 0 radical (unpaired) electrons. The van der Waals surface area contributed by atoms with Crippen molar-refractivity contribution in [1.82, 2.24) is 9.78 Å². The van der Waals surface area contributed by atoms with Crippen molar-refractivity contribution in [1.29, 1.82) is 0 Å². The Bertz CT molecular complexity index is 980. The topological polar surface area (TPSA) is 85.4 Å². The van der Waals surface area contributed by atoms with Crippen molar-refractivity contribution in [2.75, 3.05) is 24.3 Å². The van der Waals surface area contributed by atoms with E-state index in [1.54, 1.807) is 0 Å². The van der Waals surface area contributed by atoms with Crippen LogP contribution in [-0.2, 0) is 9.53 Å². The zero-order valence-corrected chi connectivity index (χ0v) is 19.2. The van der Waals surface area contributed by atoms with Crippen LogP contribution in [0.3, 0.4) is 0 Å². The molecule has 1 saturated heterocycles. The van der Waals surface area contributed by atoms with Crippen LogP contribution in [0.15, 0.2) is 29.1 Å². The van der Waals surface area contributed by atoms with Gasteiger partial charge in [-0.05, 0) is 50.8 Å². The molecule has 3 heterocycles. The molecule has 2 aromatic rings. The van der Waals surface area contributed by atoms with Crippen LogP contribution in [0.2, 0.25) is 0 Å². The van der Waals surface area contributed by atoms with E-state index in [2.05, 4.69) is 31.2 Å². The number of hydrogen-bond acceptors (Lipinski definition) is 5. The Morgan fingerprint density at radius 2 is 2.03 bits per heavy atom. The number of anilines is 1. The molecule has 2 N–H and O–H groups in total. The van der Waals surface area contributed by atoms with Gasteiger partial charge in [-0.25, -0.2) is 0 Å². The monoisotopic (exact) mass is 445 g/mol. The summed E-state index contributed by atoms with van der Waals surface area (Å²) in [6.45, 7) is 7.56. The molecule has 31 heavy (non-hydrogen) atoms. The molecular formula is C23H31N3O4S. The summed E-state index contributed by atoms with van der Waals surface area (Å²) in [6, 6.07) is 7.94. The third-order valence-corrected chi connectivity index (χ3v) is 7.12. The quantitative estimate of drug-likeness (QED) is 0.649. The van der Waals surface area contributed by atoms with Crippen LogP contribution in [0, 0.1) is 0 Å². The molecule has 2 atom stereocenters. The number of carbonyl (C=O) groups is 1. The van der Waals surface area contributed by atoms with Crippen molar-refractivity contribution in [3.63, 3.8) is 0 Å². The number of carbonyl (C=O) groups excluding carboxylic acids is 1. The minimum atomic E-state index is -0.270. The predicted octanol–water partition coefficient (Wildman–Crippen LogP) is 4.26. The number of H-pyrrole nitrogens is 1. The second-order valence-electron chi connectivity index (χ2n) is 8.84. The fourth-order valence-corrected chi connectivity index (χ4v) is 5.40. The van der Waals surface area contributed by atoms with Crippen molar-refractivity contribution in [2.24, 2.45) is 0 Å². The summed E-state index contributed by atoms with van der Waals surface area (Å²) in [5.41, 5.74) is 1.18. The van der Waals surface area contributed by atoms with E-state index < -0.39 is 0 Å². The second kappa shape index (κ2) is 9.12. The molecule has 0 saturated carbocycles. The first-order valence-electron chi connectivity index (χ1n) is 11.0. The van der Waals surface area contributed by atoms with Gasteiger partial charge >= 0.3 is 0 Å². The van der Waals surface area contributed by atoms with Gasteiger partial charge in [-0.3, -0.25) is 19.4 Å². The van der Waals surface area contributed by atoms with Gasteiger partial charge in [0.15, 0.2) is 0 Å². The highest BCUT2D eigenvalue weighted by Gasteiger charge is 2.35. The zero-order valence-electron chi connectivity index (χ0n) is 18.4. The summed E-state index contributed by atoms with van der Waals surface area (Å²) in [6.07, 6.45) is 3.66. The Hall–Kier alpha value is -2.19. The molecule has 8 heteroatoms. The number of hydrogen-bond donors (Lipinski definition) is 2. The van der Waals surface area contributed by atoms with Gasteiger partial charge in [0.1, 0.15) is 11.6 Å². The summed E-state index contributed by atoms with van der Waals surface area (Å²) < 4.78 is 13.5. The number of aromatic nitrogens is 2. The van der Waals surface area contributed by atoms with Crippen LogP contribution in [0.5, 0.6) is 5.75 Å². The molecule has 1 aromatic carbocycles. The molecule has 1 aromatic heterocycles. The number of nitrogens with zero attached hydrogens (tertiary/aromatic N) is 1. The summed E-state index contributed by atoms with van der Waals surface area (Å²) >= 11 is 1.48. The number of rotatable bonds is 6. The highest BCUT2D eigenvalue weighted by atomic mass is 32.2. The first kappa shape index (κ1) is 22.0. The number of thioether (sulfide) groups is 1. The molecule has 2 aliphatic heterocycles. The lowest BCUT2D eigenvalue weighted by atomic mass is 9.94. The summed E-state index contributed by atoms with van der Waals surface area (Å²) in [5, 5.41) is 5.77. The van der Waals surface area contributed by atoms with Crippen LogP contribution >= 0.6 is 11.8 Å². The van der Waals surface area contributed by atoms with Gasteiger partial charge in [-0.2, -0.15) is 0 Å². The Morgan fingerprint density at radius 3 is 2.74 bits per heavy atom. The Morgan fingerprint density at radius 1 is 1.26 bits per heavy atom. The van der Waals surface area contributed by atoms with Crippen LogP contribution in [-0.4, -0.2) is 40.3 Å². The lowest BCUT2D eigenvalue weighted by Crippen LogP contribution is -2.36. The summed E-state index contributed by atoms with van der Waals surface area (Å²) in [7, 11) is 0. The second-order valence-corrected chi connectivity index (χ2v) is 9.93. The first-order valence-corrected chi connectivity index (χ1v) is 12.1. The number of benzene rings is 1. The van der Waals surface area contributed by atoms with Gasteiger partial charge in [0.2, 0.25) is 5.91 Å². The summed E-state index contributed by atoms with van der Waals surface area (Å²) in [5.74, 6) is 1.62. The van der Waals surface area contributed by atoms with Crippen molar-refractivity contribution in [2.45, 2.75) is 63.3 Å². The van der Waals surface area contributed by atoms with Gasteiger partial charge in [-0.15, -0.1) is 11.8 Å². The zero-order chi connectivity index (χ0) is 22.0. The standard InChI is InChI=1S/C23H31N3O4S/c1-4-5-11-29-17-8-6-15(7-9-17)20-19-21(24-18(27)14-31-20)26(25-22(19)28)16-10-12-30-23(2,3)13-16/h6-9,16,20H,4-5,10-14H2,1-3H3,(H,24,27)(H,25,28)/t16-,20+/m1/s1. The fraction of sp³-hybridized carbons (Fsp3) is 0.565. The van der Waals surface area contributed by atoms with Crippen molar-refractivity contribution < 1.29 is 14.3 Å². The lowest BCUT2D eigenvalue weighted by Gasteiger charge is -2.36. The Kier molecular flexibility index (Phi) is 6.48.